The summed E-state index contributed by atoms with van der Waals surface area (Å²) in [7, 11) is 0. The summed E-state index contributed by atoms with van der Waals surface area (Å²) >= 11 is 0. The van der Waals surface area contributed by atoms with Gasteiger partial charge in [0.15, 0.2) is 0 Å². The summed E-state index contributed by atoms with van der Waals surface area (Å²) in [6, 6.07) is 8.04. The zero-order valence-electron chi connectivity index (χ0n) is 7.41. The molecule has 13 heavy (non-hydrogen) atoms. The van der Waals surface area contributed by atoms with Crippen LogP contribution < -0.4 is 0 Å². The highest BCUT2D eigenvalue weighted by atomic mass is 19.1. The molecule has 1 aromatic carbocycles. The second kappa shape index (κ2) is 3.46. The fourth-order valence-corrected chi connectivity index (χ4v) is 2.00. The number of aliphatic hydroxyl groups excluding tert-OH is 1. The highest BCUT2D eigenvalue weighted by Crippen LogP contribution is 2.29. The molecule has 0 saturated heterocycles. The molecular weight excluding hydrogens is 167 g/mol. The molecule has 1 aromatic rings. The Balaban J connectivity index is 2.14. The van der Waals surface area contributed by atoms with Gasteiger partial charge in [-0.25, -0.2) is 4.39 Å². The number of alkyl halides is 1. The van der Waals surface area contributed by atoms with Crippen molar-refractivity contribution in [1.29, 1.82) is 0 Å². The molecule has 1 atom stereocenters. The maximum atomic E-state index is 13.2. The van der Waals surface area contributed by atoms with Crippen LogP contribution in [0, 0.1) is 5.92 Å². The maximum absolute atomic E-state index is 13.2. The number of rotatable bonds is 2. The van der Waals surface area contributed by atoms with Crippen molar-refractivity contribution < 1.29 is 9.50 Å². The van der Waals surface area contributed by atoms with Gasteiger partial charge in [-0.1, -0.05) is 24.3 Å². The van der Waals surface area contributed by atoms with Gasteiger partial charge in [0.2, 0.25) is 0 Å². The van der Waals surface area contributed by atoms with Gasteiger partial charge in [0, 0.05) is 5.92 Å². The fraction of sp³-hybridized carbons (Fsp3) is 0.455. The molecule has 0 bridgehead atoms. The third kappa shape index (κ3) is 1.59. The molecular formula is C11H13FO. The first-order valence-corrected chi connectivity index (χ1v) is 4.63. The van der Waals surface area contributed by atoms with Gasteiger partial charge < -0.3 is 5.11 Å². The third-order valence-electron chi connectivity index (χ3n) is 2.77. The van der Waals surface area contributed by atoms with E-state index in [9.17, 15) is 4.39 Å². The predicted molar refractivity (Wildman–Crippen MR) is 49.3 cm³/mol. The van der Waals surface area contributed by atoms with Gasteiger partial charge in [-0.2, -0.15) is 0 Å². The van der Waals surface area contributed by atoms with Crippen LogP contribution in [-0.2, 0) is 12.8 Å². The van der Waals surface area contributed by atoms with Gasteiger partial charge >= 0.3 is 0 Å². The Hall–Kier alpha value is -0.890. The molecule has 0 fully saturated rings. The molecule has 2 heteroatoms. The van der Waals surface area contributed by atoms with Crippen LogP contribution >= 0.6 is 0 Å². The fourth-order valence-electron chi connectivity index (χ4n) is 2.00. The Kier molecular flexibility index (Phi) is 2.32. The van der Waals surface area contributed by atoms with Gasteiger partial charge in [0.25, 0.3) is 0 Å². The Bertz CT molecular complexity index is 273. The van der Waals surface area contributed by atoms with Crippen LogP contribution in [0.2, 0.25) is 0 Å². The zero-order chi connectivity index (χ0) is 9.26. The van der Waals surface area contributed by atoms with Gasteiger partial charge in [-0.15, -0.1) is 0 Å². The minimum Gasteiger partial charge on any atom is -0.393 e. The van der Waals surface area contributed by atoms with Crippen LogP contribution in [-0.4, -0.2) is 17.9 Å². The van der Waals surface area contributed by atoms with Crippen LogP contribution in [0.1, 0.15) is 11.1 Å². The topological polar surface area (TPSA) is 20.2 Å². The molecule has 2 rings (SSSR count). The van der Waals surface area contributed by atoms with Crippen molar-refractivity contribution in [3.05, 3.63) is 35.4 Å². The van der Waals surface area contributed by atoms with Gasteiger partial charge in [0.1, 0.15) is 6.17 Å². The second-order valence-electron chi connectivity index (χ2n) is 3.64. The lowest BCUT2D eigenvalue weighted by Crippen LogP contribution is -2.19. The number of aliphatic hydroxyl groups is 1. The number of fused-ring (bicyclic) bond motifs is 1. The van der Waals surface area contributed by atoms with Crippen molar-refractivity contribution in [1.82, 2.24) is 0 Å². The summed E-state index contributed by atoms with van der Waals surface area (Å²) in [5.74, 6) is -0.0117. The highest BCUT2D eigenvalue weighted by molar-refractivity contribution is 5.32. The van der Waals surface area contributed by atoms with E-state index in [1.54, 1.807) is 0 Å². The molecule has 70 valence electrons. The Morgan fingerprint density at radius 3 is 2.31 bits per heavy atom. The highest BCUT2D eigenvalue weighted by Gasteiger charge is 2.27. The molecule has 0 aliphatic heterocycles. The van der Waals surface area contributed by atoms with Gasteiger partial charge in [-0.3, -0.25) is 0 Å². The van der Waals surface area contributed by atoms with Crippen molar-refractivity contribution in [3.8, 4) is 0 Å². The van der Waals surface area contributed by atoms with Crippen LogP contribution in [0.15, 0.2) is 24.3 Å². The number of halogens is 1. The average molecular weight is 180 g/mol. The van der Waals surface area contributed by atoms with Crippen molar-refractivity contribution in [2.75, 3.05) is 6.61 Å². The summed E-state index contributed by atoms with van der Waals surface area (Å²) in [4.78, 5) is 0. The van der Waals surface area contributed by atoms with E-state index < -0.39 is 6.17 Å². The van der Waals surface area contributed by atoms with E-state index in [0.29, 0.717) is 0 Å². The summed E-state index contributed by atoms with van der Waals surface area (Å²) in [6.45, 7) is -0.349. The van der Waals surface area contributed by atoms with E-state index in [0.717, 1.165) is 12.8 Å². The quantitative estimate of drug-likeness (QED) is 0.735. The summed E-state index contributed by atoms with van der Waals surface area (Å²) in [6.07, 6.45) is 0.489. The Labute approximate surface area is 77.2 Å². The lowest BCUT2D eigenvalue weighted by Gasteiger charge is -2.11. The van der Waals surface area contributed by atoms with Crippen LogP contribution in [0.4, 0.5) is 4.39 Å². The first-order valence-electron chi connectivity index (χ1n) is 4.63. The molecule has 0 spiro atoms. The van der Waals surface area contributed by atoms with Crippen molar-refractivity contribution in [2.24, 2.45) is 5.92 Å². The SMILES string of the molecule is OC[C@H](F)C1Cc2ccccc2C1. The normalized spacial score (nSPS) is 18.6. The molecule has 0 radical (unpaired) electrons. The molecule has 0 heterocycles. The summed E-state index contributed by atoms with van der Waals surface area (Å²) < 4.78 is 13.2. The van der Waals surface area contributed by atoms with E-state index in [-0.39, 0.29) is 12.5 Å². The molecule has 1 aliphatic carbocycles. The lowest BCUT2D eigenvalue weighted by atomic mass is 10.0. The van der Waals surface area contributed by atoms with E-state index in [4.69, 9.17) is 5.11 Å². The molecule has 0 aromatic heterocycles. The Morgan fingerprint density at radius 2 is 1.85 bits per heavy atom. The van der Waals surface area contributed by atoms with Crippen LogP contribution in [0.25, 0.3) is 0 Å². The monoisotopic (exact) mass is 180 g/mol. The van der Waals surface area contributed by atoms with Gasteiger partial charge in [0.05, 0.1) is 6.61 Å². The summed E-state index contributed by atoms with van der Waals surface area (Å²) in [5, 5.41) is 8.70. The number of benzene rings is 1. The molecule has 0 saturated carbocycles. The van der Waals surface area contributed by atoms with Crippen molar-refractivity contribution in [3.63, 3.8) is 0 Å². The smallest absolute Gasteiger partial charge is 0.126 e. The third-order valence-corrected chi connectivity index (χ3v) is 2.77. The molecule has 0 amide bonds. The number of hydrogen-bond acceptors (Lipinski definition) is 1. The largest absolute Gasteiger partial charge is 0.393 e. The zero-order valence-corrected chi connectivity index (χ0v) is 7.41. The van der Waals surface area contributed by atoms with E-state index in [1.807, 2.05) is 24.3 Å². The maximum Gasteiger partial charge on any atom is 0.126 e. The van der Waals surface area contributed by atoms with Crippen molar-refractivity contribution >= 4 is 0 Å². The predicted octanol–water partition coefficient (Wildman–Crippen LogP) is 1.73. The van der Waals surface area contributed by atoms with Gasteiger partial charge in [-0.05, 0) is 24.0 Å². The molecule has 1 aliphatic rings. The average Bonchev–Trinajstić information content (AvgIpc) is 2.59. The van der Waals surface area contributed by atoms with Crippen molar-refractivity contribution in [2.45, 2.75) is 19.0 Å². The first-order chi connectivity index (χ1) is 6.31. The first kappa shape index (κ1) is 8.70. The minimum absolute atomic E-state index is 0.0117. The van der Waals surface area contributed by atoms with E-state index in [2.05, 4.69) is 0 Å². The minimum atomic E-state index is -1.06. The molecule has 1 N–H and O–H groups in total. The second-order valence-corrected chi connectivity index (χ2v) is 3.64. The van der Waals surface area contributed by atoms with E-state index >= 15 is 0 Å². The van der Waals surface area contributed by atoms with Crippen LogP contribution in [0.3, 0.4) is 0 Å². The molecule has 1 nitrogen and oxygen atoms in total. The number of hydrogen-bond donors (Lipinski definition) is 1. The molecule has 0 unspecified atom stereocenters. The van der Waals surface area contributed by atoms with Crippen LogP contribution in [0.5, 0.6) is 0 Å². The van der Waals surface area contributed by atoms with E-state index in [1.165, 1.54) is 11.1 Å². The summed E-state index contributed by atoms with van der Waals surface area (Å²) in [5.41, 5.74) is 2.48. The lowest BCUT2D eigenvalue weighted by molar-refractivity contribution is 0.129. The standard InChI is InChI=1S/C11H13FO/c12-11(7-13)10-5-8-3-1-2-4-9(8)6-10/h1-4,10-11,13H,5-7H2/t11-/m0/s1. The Morgan fingerprint density at radius 1 is 1.31 bits per heavy atom.